The average molecular weight is 299 g/mol. The van der Waals surface area contributed by atoms with Crippen LogP contribution < -0.4 is 4.74 Å². The fourth-order valence-corrected chi connectivity index (χ4v) is 2.56. The van der Waals surface area contributed by atoms with Crippen LogP contribution in [0.2, 0.25) is 0 Å². The molecule has 0 saturated carbocycles. The van der Waals surface area contributed by atoms with Gasteiger partial charge in [-0.3, -0.25) is 0 Å². The van der Waals surface area contributed by atoms with E-state index in [1.54, 1.807) is 0 Å². The predicted molar refractivity (Wildman–Crippen MR) is 92.6 cm³/mol. The third kappa shape index (κ3) is 3.25. The highest BCUT2D eigenvalue weighted by molar-refractivity contribution is 5.66. The number of ether oxygens (including phenoxy) is 1. The molecule has 0 heterocycles. The minimum Gasteiger partial charge on any atom is -0.456 e. The predicted octanol–water partition coefficient (Wildman–Crippen LogP) is 5.63. The lowest BCUT2D eigenvalue weighted by atomic mass is 10.0. The average Bonchev–Trinajstić information content (AvgIpc) is 2.55. The van der Waals surface area contributed by atoms with Crippen LogP contribution in [0.3, 0.4) is 0 Å². The van der Waals surface area contributed by atoms with E-state index < -0.39 is 0 Å². The van der Waals surface area contributed by atoms with E-state index in [0.717, 1.165) is 22.4 Å². The van der Waals surface area contributed by atoms with Crippen LogP contribution >= 0.6 is 0 Å². The summed E-state index contributed by atoms with van der Waals surface area (Å²) >= 11 is 0. The summed E-state index contributed by atoms with van der Waals surface area (Å²) in [6.07, 6.45) is 0. The molecule has 3 aromatic carbocycles. The van der Waals surface area contributed by atoms with Crippen molar-refractivity contribution in [2.75, 3.05) is 0 Å². The molecule has 2 heteroatoms. The third-order valence-corrected chi connectivity index (χ3v) is 3.76. The van der Waals surface area contributed by atoms with Crippen LogP contribution in [0.15, 0.2) is 66.7 Å². The van der Waals surface area contributed by atoms with Crippen molar-refractivity contribution in [1.29, 1.82) is 5.26 Å². The summed E-state index contributed by atoms with van der Waals surface area (Å²) in [6, 6.07) is 24.1. The first-order chi connectivity index (χ1) is 11.2. The quantitative estimate of drug-likeness (QED) is 0.627. The van der Waals surface area contributed by atoms with Crippen molar-refractivity contribution < 1.29 is 4.74 Å². The Morgan fingerprint density at radius 1 is 0.826 bits per heavy atom. The fourth-order valence-electron chi connectivity index (χ4n) is 2.56. The van der Waals surface area contributed by atoms with E-state index in [1.165, 1.54) is 5.56 Å². The SMILES string of the molecule is Cc1cccc(-c2cccc(Oc3cccc(C)c3C#N)c2)c1. The molecule has 0 aromatic heterocycles. The van der Waals surface area contributed by atoms with Gasteiger partial charge in [0, 0.05) is 0 Å². The molecule has 0 bridgehead atoms. The van der Waals surface area contributed by atoms with E-state index in [0.29, 0.717) is 11.3 Å². The lowest BCUT2D eigenvalue weighted by molar-refractivity contribution is 0.481. The maximum Gasteiger partial charge on any atom is 0.145 e. The number of benzene rings is 3. The van der Waals surface area contributed by atoms with E-state index in [-0.39, 0.29) is 0 Å². The Kier molecular flexibility index (Phi) is 4.12. The van der Waals surface area contributed by atoms with Gasteiger partial charge in [0.05, 0.1) is 5.56 Å². The minimum absolute atomic E-state index is 0.577. The summed E-state index contributed by atoms with van der Waals surface area (Å²) in [4.78, 5) is 0. The van der Waals surface area contributed by atoms with Gasteiger partial charge in [-0.2, -0.15) is 5.26 Å². The molecule has 112 valence electrons. The zero-order chi connectivity index (χ0) is 16.2. The molecular weight excluding hydrogens is 282 g/mol. The van der Waals surface area contributed by atoms with Crippen molar-refractivity contribution in [1.82, 2.24) is 0 Å². The molecule has 0 aliphatic rings. The molecule has 0 unspecified atom stereocenters. The van der Waals surface area contributed by atoms with Crippen LogP contribution in [0.25, 0.3) is 11.1 Å². The van der Waals surface area contributed by atoms with Crippen LogP contribution in [0.1, 0.15) is 16.7 Å². The Hall–Kier alpha value is -3.05. The highest BCUT2D eigenvalue weighted by Gasteiger charge is 2.08. The molecule has 23 heavy (non-hydrogen) atoms. The second-order valence-corrected chi connectivity index (χ2v) is 5.56. The zero-order valence-corrected chi connectivity index (χ0v) is 13.2. The molecule has 0 aliphatic carbocycles. The van der Waals surface area contributed by atoms with E-state index in [9.17, 15) is 5.26 Å². The van der Waals surface area contributed by atoms with Crippen molar-refractivity contribution in [2.45, 2.75) is 13.8 Å². The molecule has 0 saturated heterocycles. The molecule has 0 aliphatic heterocycles. The molecular formula is C21H17NO. The number of nitrogens with zero attached hydrogens (tertiary/aromatic N) is 1. The van der Waals surface area contributed by atoms with Gasteiger partial charge >= 0.3 is 0 Å². The van der Waals surface area contributed by atoms with Crippen LogP contribution in [-0.2, 0) is 0 Å². The summed E-state index contributed by atoms with van der Waals surface area (Å²) in [5.41, 5.74) is 4.96. The van der Waals surface area contributed by atoms with Gasteiger partial charge in [-0.05, 0) is 48.7 Å². The van der Waals surface area contributed by atoms with Gasteiger partial charge in [0.2, 0.25) is 0 Å². The first-order valence-corrected chi connectivity index (χ1v) is 7.52. The first kappa shape index (κ1) is 14.9. The van der Waals surface area contributed by atoms with Crippen molar-refractivity contribution >= 4 is 0 Å². The largest absolute Gasteiger partial charge is 0.456 e. The number of rotatable bonds is 3. The smallest absolute Gasteiger partial charge is 0.145 e. The Morgan fingerprint density at radius 2 is 1.52 bits per heavy atom. The van der Waals surface area contributed by atoms with Gasteiger partial charge in [0.25, 0.3) is 0 Å². The van der Waals surface area contributed by atoms with Gasteiger partial charge in [-0.25, -0.2) is 0 Å². The van der Waals surface area contributed by atoms with Crippen LogP contribution in [0.5, 0.6) is 11.5 Å². The van der Waals surface area contributed by atoms with E-state index in [4.69, 9.17) is 4.74 Å². The second kappa shape index (κ2) is 6.37. The number of aryl methyl sites for hydroxylation is 2. The second-order valence-electron chi connectivity index (χ2n) is 5.56. The Morgan fingerprint density at radius 3 is 2.26 bits per heavy atom. The maximum atomic E-state index is 9.31. The Bertz CT molecular complexity index is 890. The Labute approximate surface area is 136 Å². The van der Waals surface area contributed by atoms with E-state index >= 15 is 0 Å². The van der Waals surface area contributed by atoms with Gasteiger partial charge < -0.3 is 4.74 Å². The number of nitriles is 1. The zero-order valence-electron chi connectivity index (χ0n) is 13.2. The summed E-state index contributed by atoms with van der Waals surface area (Å²) in [6.45, 7) is 3.99. The van der Waals surface area contributed by atoms with Crippen LogP contribution in [0.4, 0.5) is 0 Å². The van der Waals surface area contributed by atoms with Gasteiger partial charge in [-0.1, -0.05) is 54.1 Å². The fraction of sp³-hybridized carbons (Fsp3) is 0.0952. The summed E-state index contributed by atoms with van der Waals surface area (Å²) in [7, 11) is 0. The van der Waals surface area contributed by atoms with Gasteiger partial charge in [0.15, 0.2) is 0 Å². The molecule has 0 amide bonds. The summed E-state index contributed by atoms with van der Waals surface area (Å²) < 4.78 is 5.95. The van der Waals surface area contributed by atoms with E-state index in [1.807, 2.05) is 49.4 Å². The lowest BCUT2D eigenvalue weighted by Gasteiger charge is -2.10. The van der Waals surface area contributed by atoms with Crippen molar-refractivity contribution in [3.8, 4) is 28.7 Å². The number of hydrogen-bond donors (Lipinski definition) is 0. The molecule has 0 fully saturated rings. The highest BCUT2D eigenvalue weighted by Crippen LogP contribution is 2.30. The molecule has 0 radical (unpaired) electrons. The molecule has 0 atom stereocenters. The lowest BCUT2D eigenvalue weighted by Crippen LogP contribution is -1.91. The molecule has 2 nitrogen and oxygen atoms in total. The standard InChI is InChI=1S/C21H17NO/c1-15-6-3-8-17(12-15)18-9-5-10-19(13-18)23-21-11-4-7-16(2)20(21)14-22/h3-13H,1-2H3. The van der Waals surface area contributed by atoms with Crippen LogP contribution in [0, 0.1) is 25.2 Å². The topological polar surface area (TPSA) is 33.0 Å². The maximum absolute atomic E-state index is 9.31. The monoisotopic (exact) mass is 299 g/mol. The number of hydrogen-bond acceptors (Lipinski definition) is 2. The normalized spacial score (nSPS) is 10.1. The third-order valence-electron chi connectivity index (χ3n) is 3.76. The molecule has 0 spiro atoms. The Balaban J connectivity index is 1.96. The first-order valence-electron chi connectivity index (χ1n) is 7.52. The summed E-state index contributed by atoms with van der Waals surface area (Å²) in [5, 5.41) is 9.31. The van der Waals surface area contributed by atoms with Gasteiger partial charge in [0.1, 0.15) is 17.6 Å². The van der Waals surface area contributed by atoms with Crippen molar-refractivity contribution in [3.05, 3.63) is 83.4 Å². The van der Waals surface area contributed by atoms with Crippen molar-refractivity contribution in [2.24, 2.45) is 0 Å². The van der Waals surface area contributed by atoms with Crippen LogP contribution in [-0.4, -0.2) is 0 Å². The molecule has 0 N–H and O–H groups in total. The van der Waals surface area contributed by atoms with Crippen molar-refractivity contribution in [3.63, 3.8) is 0 Å². The molecule has 3 rings (SSSR count). The summed E-state index contributed by atoms with van der Waals surface area (Å²) in [5.74, 6) is 1.32. The minimum atomic E-state index is 0.577. The van der Waals surface area contributed by atoms with E-state index in [2.05, 4.69) is 37.3 Å². The molecule has 3 aromatic rings. The van der Waals surface area contributed by atoms with Gasteiger partial charge in [-0.15, -0.1) is 0 Å². The highest BCUT2D eigenvalue weighted by atomic mass is 16.5.